The molecule has 17 unspecified atom stereocenters. The predicted octanol–water partition coefficient (Wildman–Crippen LogP) is 3.35. The van der Waals surface area contributed by atoms with Crippen LogP contribution in [0.15, 0.2) is 0 Å². The fourth-order valence-corrected chi connectivity index (χ4v) is 8.75. The molecule has 0 aliphatic carbocycles. The molecule has 0 saturated carbocycles. The first-order chi connectivity index (χ1) is 27.6. The number of nitrogens with one attached hydrogen (secondary N) is 2. The van der Waals surface area contributed by atoms with Gasteiger partial charge in [-0.3, -0.25) is 24.0 Å². The summed E-state index contributed by atoms with van der Waals surface area (Å²) in [5.74, 6) is -3.15. The third-order valence-electron chi connectivity index (χ3n) is 13.7. The van der Waals surface area contributed by atoms with Crippen LogP contribution in [0.4, 0.5) is 0 Å². The lowest BCUT2D eigenvalue weighted by atomic mass is 9.76. The van der Waals surface area contributed by atoms with Crippen LogP contribution in [-0.4, -0.2) is 120 Å². The maximum Gasteiger partial charge on any atom is 0.268 e. The number of imide groups is 3. The van der Waals surface area contributed by atoms with Crippen molar-refractivity contribution in [1.82, 2.24) is 15.5 Å². The Bertz CT molecular complexity index is 1430. The molecule has 16 nitrogen and oxygen atoms in total. The fraction of sp³-hybridized carbons (Fsp3) is 0.884. The fourth-order valence-electron chi connectivity index (χ4n) is 8.75. The Morgan fingerprint density at radius 2 is 1.15 bits per heavy atom. The van der Waals surface area contributed by atoms with E-state index in [2.05, 4.69) is 79.9 Å². The Kier molecular flexibility index (Phi) is 17.9. The maximum atomic E-state index is 13.4. The minimum atomic E-state index is -2.36. The average molecular weight is 840 g/mol. The standard InChI is InChI=1S/C43H73N3O13/c1-20(2)15-31-25(8)22(5)28(11)41(57-31)54-17-33-27(10)24(7)30(43(59-33)55-18-32-26(9)23(6)29(12)42(58-32)56-21(3)4)16-34(47)44-19-45-39(52)37(50)38(51)40(53)46-35(48)13-14-36(46)49/h20-33,37-38,41-43,50-51H,13-19H2,1-12H3,(H,44,47)(H,45,52). The first-order valence-corrected chi connectivity index (χ1v) is 21.8. The highest BCUT2D eigenvalue weighted by Crippen LogP contribution is 2.42. The van der Waals surface area contributed by atoms with Crippen LogP contribution >= 0.6 is 0 Å². The average Bonchev–Trinajstić information content (AvgIpc) is 3.52. The smallest absolute Gasteiger partial charge is 0.268 e. The van der Waals surface area contributed by atoms with Crippen LogP contribution in [0.25, 0.3) is 0 Å². The molecule has 17 atom stereocenters. The molecule has 59 heavy (non-hydrogen) atoms. The molecule has 4 heterocycles. The summed E-state index contributed by atoms with van der Waals surface area (Å²) in [7, 11) is 0. The van der Waals surface area contributed by atoms with E-state index in [1.807, 2.05) is 13.8 Å². The summed E-state index contributed by atoms with van der Waals surface area (Å²) in [6.45, 7) is 25.6. The van der Waals surface area contributed by atoms with Gasteiger partial charge in [-0.25, -0.2) is 4.90 Å². The van der Waals surface area contributed by atoms with Crippen LogP contribution in [0, 0.1) is 59.2 Å². The van der Waals surface area contributed by atoms with Gasteiger partial charge in [0.2, 0.25) is 17.7 Å². The van der Waals surface area contributed by atoms with E-state index in [1.165, 1.54) is 0 Å². The number of carbonyl (C=O) groups is 5. The van der Waals surface area contributed by atoms with Crippen molar-refractivity contribution >= 4 is 29.5 Å². The Hall–Kier alpha value is -2.57. The number of hydrogen-bond acceptors (Lipinski definition) is 13. The van der Waals surface area contributed by atoms with Gasteiger partial charge in [-0.15, -0.1) is 0 Å². The van der Waals surface area contributed by atoms with Crippen molar-refractivity contribution < 1.29 is 62.6 Å². The number of amides is 5. The lowest BCUT2D eigenvalue weighted by Gasteiger charge is -2.47. The third-order valence-corrected chi connectivity index (χ3v) is 13.7. The van der Waals surface area contributed by atoms with Crippen molar-refractivity contribution in [2.45, 2.75) is 164 Å². The van der Waals surface area contributed by atoms with E-state index in [9.17, 15) is 34.2 Å². The number of aliphatic hydroxyl groups is 2. The van der Waals surface area contributed by atoms with Crippen molar-refractivity contribution in [2.75, 3.05) is 19.9 Å². The molecule has 4 aliphatic rings. The van der Waals surface area contributed by atoms with Crippen LogP contribution in [0.2, 0.25) is 0 Å². The minimum absolute atomic E-state index is 0.0214. The Labute approximate surface area is 350 Å². The summed E-state index contributed by atoms with van der Waals surface area (Å²) in [4.78, 5) is 62.6. The summed E-state index contributed by atoms with van der Waals surface area (Å²) in [6.07, 6.45) is -6.36. The van der Waals surface area contributed by atoms with Gasteiger partial charge in [-0.05, 0) is 61.7 Å². The monoisotopic (exact) mass is 840 g/mol. The summed E-state index contributed by atoms with van der Waals surface area (Å²) in [5, 5.41) is 25.4. The predicted molar refractivity (Wildman–Crippen MR) is 214 cm³/mol. The van der Waals surface area contributed by atoms with Crippen molar-refractivity contribution in [2.24, 2.45) is 59.2 Å². The second-order valence-electron chi connectivity index (χ2n) is 18.5. The Balaban J connectivity index is 1.42. The summed E-state index contributed by atoms with van der Waals surface area (Å²) in [5.41, 5.74) is 0. The lowest BCUT2D eigenvalue weighted by molar-refractivity contribution is -0.308. The number of rotatable bonds is 17. The molecular formula is C43H73N3O13. The molecule has 0 aromatic heterocycles. The summed E-state index contributed by atoms with van der Waals surface area (Å²) in [6, 6.07) is 0. The molecule has 5 amide bonds. The van der Waals surface area contributed by atoms with E-state index < -0.39 is 73.2 Å². The molecule has 0 bridgehead atoms. The number of carbonyl (C=O) groups excluding carboxylic acids is 5. The van der Waals surface area contributed by atoms with Crippen LogP contribution in [-0.2, 0) is 52.4 Å². The van der Waals surface area contributed by atoms with E-state index in [0.717, 1.165) is 6.42 Å². The highest BCUT2D eigenvalue weighted by molar-refractivity contribution is 6.16. The number of likely N-dealkylation sites (tertiary alicyclic amines) is 1. The van der Waals surface area contributed by atoms with E-state index in [4.69, 9.17) is 28.4 Å². The Morgan fingerprint density at radius 3 is 1.71 bits per heavy atom. The molecule has 4 saturated heterocycles. The number of aliphatic hydroxyl groups excluding tert-OH is 2. The molecule has 4 N–H and O–H groups in total. The van der Waals surface area contributed by atoms with Gasteiger partial charge in [0.05, 0.1) is 44.3 Å². The minimum Gasteiger partial charge on any atom is -0.380 e. The van der Waals surface area contributed by atoms with Gasteiger partial charge in [0.25, 0.3) is 11.8 Å². The van der Waals surface area contributed by atoms with E-state index in [-0.39, 0.29) is 97.3 Å². The van der Waals surface area contributed by atoms with Crippen LogP contribution in [0.1, 0.15) is 109 Å². The van der Waals surface area contributed by atoms with Crippen LogP contribution in [0.5, 0.6) is 0 Å². The van der Waals surface area contributed by atoms with Gasteiger partial charge in [0.15, 0.2) is 31.1 Å². The van der Waals surface area contributed by atoms with Crippen LogP contribution < -0.4 is 10.6 Å². The molecule has 0 aromatic rings. The van der Waals surface area contributed by atoms with Gasteiger partial charge in [0.1, 0.15) is 0 Å². The van der Waals surface area contributed by atoms with Gasteiger partial charge in [-0.1, -0.05) is 69.2 Å². The van der Waals surface area contributed by atoms with E-state index >= 15 is 0 Å². The molecule has 4 aliphatic heterocycles. The van der Waals surface area contributed by atoms with Crippen molar-refractivity contribution in [3.05, 3.63) is 0 Å². The van der Waals surface area contributed by atoms with E-state index in [0.29, 0.717) is 17.8 Å². The third kappa shape index (κ3) is 12.1. The first kappa shape index (κ1) is 49.1. The van der Waals surface area contributed by atoms with E-state index in [1.54, 1.807) is 0 Å². The summed E-state index contributed by atoms with van der Waals surface area (Å²) < 4.78 is 39.0. The molecule has 4 rings (SSSR count). The number of hydrogen-bond donors (Lipinski definition) is 4. The molecule has 4 fully saturated rings. The lowest BCUT2D eigenvalue weighted by Crippen LogP contribution is -2.54. The maximum absolute atomic E-state index is 13.4. The Morgan fingerprint density at radius 1 is 0.661 bits per heavy atom. The molecule has 338 valence electrons. The van der Waals surface area contributed by atoms with Crippen LogP contribution in [0.3, 0.4) is 0 Å². The zero-order valence-electron chi connectivity index (χ0n) is 37.3. The molecule has 16 heteroatoms. The van der Waals surface area contributed by atoms with Gasteiger partial charge in [0, 0.05) is 37.0 Å². The van der Waals surface area contributed by atoms with Crippen molar-refractivity contribution in [1.29, 1.82) is 0 Å². The summed E-state index contributed by atoms with van der Waals surface area (Å²) >= 11 is 0. The molecule has 0 radical (unpaired) electrons. The zero-order chi connectivity index (χ0) is 44.0. The quantitative estimate of drug-likeness (QED) is 0.123. The van der Waals surface area contributed by atoms with Gasteiger partial charge in [-0.2, -0.15) is 0 Å². The first-order valence-electron chi connectivity index (χ1n) is 21.8. The topological polar surface area (TPSA) is 208 Å². The second-order valence-corrected chi connectivity index (χ2v) is 18.5. The number of nitrogens with zero attached hydrogens (tertiary/aromatic N) is 1. The zero-order valence-corrected chi connectivity index (χ0v) is 37.3. The van der Waals surface area contributed by atoms with Crippen molar-refractivity contribution in [3.8, 4) is 0 Å². The normalized spacial score (nSPS) is 37.8. The van der Waals surface area contributed by atoms with Gasteiger partial charge >= 0.3 is 0 Å². The second kappa shape index (κ2) is 21.5. The molecule has 0 aromatic carbocycles. The van der Waals surface area contributed by atoms with Gasteiger partial charge < -0.3 is 49.3 Å². The molecule has 0 spiro atoms. The number of ether oxygens (including phenoxy) is 6. The highest BCUT2D eigenvalue weighted by Gasteiger charge is 2.47. The molecular weight excluding hydrogens is 766 g/mol. The largest absolute Gasteiger partial charge is 0.380 e. The highest BCUT2D eigenvalue weighted by atomic mass is 16.7. The SMILES string of the molecule is CC(C)CC1OC(OCC2OC(OCC3OC(OC(C)C)C(C)C(C)C3C)C(CC(=O)NCNC(=O)C(O)C(O)C(=O)N3C(=O)CCC3=O)C(C)C2C)C(C)C(C)C1C. The van der Waals surface area contributed by atoms with Crippen molar-refractivity contribution in [3.63, 3.8) is 0 Å².